The second kappa shape index (κ2) is 3.95. The van der Waals surface area contributed by atoms with Gasteiger partial charge >= 0.3 is 0 Å². The number of hydrogen-bond donors (Lipinski definition) is 0. The van der Waals surface area contributed by atoms with Crippen LogP contribution in [0.2, 0.25) is 0 Å². The lowest BCUT2D eigenvalue weighted by atomic mass is 9.81. The number of rotatable bonds is 3. The van der Waals surface area contributed by atoms with Crippen molar-refractivity contribution in [2.75, 3.05) is 0 Å². The zero-order chi connectivity index (χ0) is 10.8. The van der Waals surface area contributed by atoms with Gasteiger partial charge in [-0.3, -0.25) is 0 Å². The van der Waals surface area contributed by atoms with Gasteiger partial charge in [0.05, 0.1) is 0 Å². The monoisotopic (exact) mass is 190 g/mol. The molecule has 0 fully saturated rings. The maximum Gasteiger partial charge on any atom is 0.120 e. The molecule has 0 bridgehead atoms. The summed E-state index contributed by atoms with van der Waals surface area (Å²) in [7, 11) is 0. The van der Waals surface area contributed by atoms with Crippen LogP contribution in [0.4, 0.5) is 0 Å². The van der Waals surface area contributed by atoms with Crippen molar-refractivity contribution in [3.8, 4) is 0 Å². The van der Waals surface area contributed by atoms with Crippen molar-refractivity contribution in [2.45, 2.75) is 39.5 Å². The number of benzene rings is 1. The Morgan fingerprint density at radius 1 is 1.21 bits per heavy atom. The fourth-order valence-corrected chi connectivity index (χ4v) is 1.49. The van der Waals surface area contributed by atoms with Crippen LogP contribution < -0.4 is 0 Å². The third-order valence-corrected chi connectivity index (χ3v) is 2.88. The van der Waals surface area contributed by atoms with Gasteiger partial charge in [0.2, 0.25) is 0 Å². The second-order valence-electron chi connectivity index (χ2n) is 4.55. The highest BCUT2D eigenvalue weighted by Crippen LogP contribution is 2.27. The summed E-state index contributed by atoms with van der Waals surface area (Å²) >= 11 is 0. The van der Waals surface area contributed by atoms with Crippen LogP contribution in [-0.2, 0) is 10.2 Å². The van der Waals surface area contributed by atoms with Crippen molar-refractivity contribution in [2.24, 2.45) is 0 Å². The van der Waals surface area contributed by atoms with Crippen molar-refractivity contribution >= 4 is 6.29 Å². The molecule has 14 heavy (non-hydrogen) atoms. The molecule has 0 aliphatic rings. The summed E-state index contributed by atoms with van der Waals surface area (Å²) in [6, 6.07) is 6.42. The topological polar surface area (TPSA) is 17.1 Å². The summed E-state index contributed by atoms with van der Waals surface area (Å²) < 4.78 is 0. The molecule has 0 aromatic heterocycles. The fourth-order valence-electron chi connectivity index (χ4n) is 1.49. The average molecular weight is 190 g/mol. The predicted octanol–water partition coefficient (Wildman–Crippen LogP) is 3.17. The maximum atomic E-state index is 10.5. The van der Waals surface area contributed by atoms with Crippen LogP contribution in [0.3, 0.4) is 0 Å². The molecular formula is C13H18O. The van der Waals surface area contributed by atoms with Gasteiger partial charge in [0.15, 0.2) is 0 Å². The summed E-state index contributed by atoms with van der Waals surface area (Å²) in [4.78, 5) is 10.5. The highest BCUT2D eigenvalue weighted by molar-refractivity contribution is 5.53. The SMILES string of the molecule is Cc1ccc(C(C)(C)CC=O)cc1C. The van der Waals surface area contributed by atoms with Crippen LogP contribution in [0.5, 0.6) is 0 Å². The molecule has 76 valence electrons. The first-order valence-corrected chi connectivity index (χ1v) is 4.99. The summed E-state index contributed by atoms with van der Waals surface area (Å²) in [6.07, 6.45) is 1.57. The highest BCUT2D eigenvalue weighted by atomic mass is 16.1. The van der Waals surface area contributed by atoms with Gasteiger partial charge in [-0.05, 0) is 36.0 Å². The lowest BCUT2D eigenvalue weighted by Crippen LogP contribution is -2.17. The van der Waals surface area contributed by atoms with Gasteiger partial charge in [-0.2, -0.15) is 0 Å². The molecule has 0 aliphatic carbocycles. The number of carbonyl (C=O) groups excluding carboxylic acids is 1. The van der Waals surface area contributed by atoms with Crippen molar-refractivity contribution in [1.29, 1.82) is 0 Å². The molecule has 1 heteroatoms. The predicted molar refractivity (Wildman–Crippen MR) is 59.6 cm³/mol. The van der Waals surface area contributed by atoms with E-state index in [-0.39, 0.29) is 5.41 Å². The largest absolute Gasteiger partial charge is 0.303 e. The van der Waals surface area contributed by atoms with E-state index in [9.17, 15) is 4.79 Å². The van der Waals surface area contributed by atoms with E-state index in [1.807, 2.05) is 0 Å². The fraction of sp³-hybridized carbons (Fsp3) is 0.462. The Hall–Kier alpha value is -1.11. The van der Waals surface area contributed by atoms with E-state index in [4.69, 9.17) is 0 Å². The normalized spacial score (nSPS) is 11.4. The van der Waals surface area contributed by atoms with Gasteiger partial charge < -0.3 is 4.79 Å². The molecule has 1 rings (SSSR count). The zero-order valence-corrected chi connectivity index (χ0v) is 9.42. The lowest BCUT2D eigenvalue weighted by molar-refractivity contribution is -0.108. The molecule has 0 saturated heterocycles. The summed E-state index contributed by atoms with van der Waals surface area (Å²) in [5.41, 5.74) is 3.80. The Labute approximate surface area is 86.1 Å². The summed E-state index contributed by atoms with van der Waals surface area (Å²) in [5, 5.41) is 0. The van der Waals surface area contributed by atoms with Crippen LogP contribution >= 0.6 is 0 Å². The van der Waals surface area contributed by atoms with Gasteiger partial charge in [0.1, 0.15) is 6.29 Å². The van der Waals surface area contributed by atoms with Crippen molar-refractivity contribution in [3.05, 3.63) is 34.9 Å². The van der Waals surface area contributed by atoms with Crippen LogP contribution in [0.25, 0.3) is 0 Å². The van der Waals surface area contributed by atoms with Gasteiger partial charge in [-0.25, -0.2) is 0 Å². The highest BCUT2D eigenvalue weighted by Gasteiger charge is 2.19. The standard InChI is InChI=1S/C13H18O/c1-10-5-6-12(9-11(10)2)13(3,4)7-8-14/h5-6,8-9H,7H2,1-4H3. The van der Waals surface area contributed by atoms with E-state index in [1.54, 1.807) is 0 Å². The zero-order valence-electron chi connectivity index (χ0n) is 9.42. The Kier molecular flexibility index (Phi) is 3.10. The van der Waals surface area contributed by atoms with E-state index in [0.717, 1.165) is 6.29 Å². The molecule has 0 saturated carbocycles. The first kappa shape index (κ1) is 11.0. The molecule has 0 aliphatic heterocycles. The quantitative estimate of drug-likeness (QED) is 0.669. The Morgan fingerprint density at radius 3 is 2.36 bits per heavy atom. The van der Waals surface area contributed by atoms with Gasteiger partial charge in [-0.1, -0.05) is 32.0 Å². The maximum absolute atomic E-state index is 10.5. The first-order valence-electron chi connectivity index (χ1n) is 4.99. The molecule has 1 nitrogen and oxygen atoms in total. The number of aryl methyl sites for hydroxylation is 2. The molecule has 0 N–H and O–H groups in total. The Morgan fingerprint density at radius 2 is 1.86 bits per heavy atom. The van der Waals surface area contributed by atoms with Crippen LogP contribution in [0.1, 0.15) is 37.0 Å². The van der Waals surface area contributed by atoms with E-state index >= 15 is 0 Å². The molecule has 0 atom stereocenters. The molecule has 0 amide bonds. The first-order chi connectivity index (χ1) is 6.47. The molecule has 0 heterocycles. The van der Waals surface area contributed by atoms with Gasteiger partial charge in [0, 0.05) is 6.42 Å². The van der Waals surface area contributed by atoms with Crippen LogP contribution in [-0.4, -0.2) is 6.29 Å². The van der Waals surface area contributed by atoms with E-state index in [1.165, 1.54) is 16.7 Å². The van der Waals surface area contributed by atoms with E-state index in [0.29, 0.717) is 6.42 Å². The summed E-state index contributed by atoms with van der Waals surface area (Å²) in [6.45, 7) is 8.42. The number of aldehydes is 1. The smallest absolute Gasteiger partial charge is 0.120 e. The third kappa shape index (κ3) is 2.22. The lowest BCUT2D eigenvalue weighted by Gasteiger charge is -2.23. The molecule has 0 radical (unpaired) electrons. The average Bonchev–Trinajstić information content (AvgIpc) is 2.09. The minimum Gasteiger partial charge on any atom is -0.303 e. The van der Waals surface area contributed by atoms with Gasteiger partial charge in [-0.15, -0.1) is 0 Å². The Bertz CT molecular complexity index is 337. The molecule has 1 aromatic rings. The van der Waals surface area contributed by atoms with E-state index in [2.05, 4.69) is 45.9 Å². The molecular weight excluding hydrogens is 172 g/mol. The van der Waals surface area contributed by atoms with Crippen molar-refractivity contribution in [1.82, 2.24) is 0 Å². The molecule has 0 spiro atoms. The number of hydrogen-bond acceptors (Lipinski definition) is 1. The molecule has 1 aromatic carbocycles. The second-order valence-corrected chi connectivity index (χ2v) is 4.55. The van der Waals surface area contributed by atoms with E-state index < -0.39 is 0 Å². The third-order valence-electron chi connectivity index (χ3n) is 2.88. The molecule has 0 unspecified atom stereocenters. The summed E-state index contributed by atoms with van der Waals surface area (Å²) in [5.74, 6) is 0. The van der Waals surface area contributed by atoms with Crippen molar-refractivity contribution in [3.63, 3.8) is 0 Å². The van der Waals surface area contributed by atoms with Crippen LogP contribution in [0.15, 0.2) is 18.2 Å². The van der Waals surface area contributed by atoms with Gasteiger partial charge in [0.25, 0.3) is 0 Å². The minimum absolute atomic E-state index is 0.0415. The minimum atomic E-state index is -0.0415. The van der Waals surface area contributed by atoms with Crippen molar-refractivity contribution < 1.29 is 4.79 Å². The Balaban J connectivity index is 3.07. The van der Waals surface area contributed by atoms with Crippen LogP contribution in [0, 0.1) is 13.8 Å². The number of carbonyl (C=O) groups is 1.